The minimum atomic E-state index is -0.526. The van der Waals surface area contributed by atoms with Crippen LogP contribution in [-0.2, 0) is 11.4 Å². The van der Waals surface area contributed by atoms with Gasteiger partial charge in [-0.3, -0.25) is 4.79 Å². The number of halogens is 2. The topological polar surface area (TPSA) is 62.1 Å². The van der Waals surface area contributed by atoms with Crippen LogP contribution in [0, 0.1) is 24.1 Å². The van der Waals surface area contributed by atoms with E-state index in [-0.39, 0.29) is 18.0 Å². The maximum Gasteiger partial charge on any atom is 0.266 e. The quantitative estimate of drug-likeness (QED) is 0.358. The monoisotopic (exact) mass is 464 g/mol. The number of aryl methyl sites for hydroxylation is 1. The molecule has 4 nitrogen and oxygen atoms in total. The summed E-state index contributed by atoms with van der Waals surface area (Å²) in [4.78, 5) is 12.5. The number of nitrogens with one attached hydrogen (secondary N) is 1. The highest BCUT2D eigenvalue weighted by molar-refractivity contribution is 9.10. The van der Waals surface area contributed by atoms with Gasteiger partial charge in [-0.25, -0.2) is 4.39 Å². The molecular formula is C24H18BrFN2O2. The van der Waals surface area contributed by atoms with Gasteiger partial charge in [-0.1, -0.05) is 51.8 Å². The number of hydrogen-bond donors (Lipinski definition) is 1. The highest BCUT2D eigenvalue weighted by atomic mass is 79.9. The second kappa shape index (κ2) is 9.86. The third kappa shape index (κ3) is 5.56. The standard InChI is InChI=1S/C24H18BrFN2O2/c1-16-6-9-21(10-7-16)28-24(29)19(14-27)12-18-13-20(25)8-11-23(18)30-15-17-4-2-3-5-22(17)26/h2-13H,15H2,1H3,(H,28,29)/b19-12+. The first-order chi connectivity index (χ1) is 14.5. The number of rotatable bonds is 6. The molecule has 1 N–H and O–H groups in total. The molecule has 0 aliphatic carbocycles. The first kappa shape index (κ1) is 21.3. The first-order valence-corrected chi connectivity index (χ1v) is 9.91. The van der Waals surface area contributed by atoms with Gasteiger partial charge in [0, 0.05) is 21.3 Å². The summed E-state index contributed by atoms with van der Waals surface area (Å²) in [5.74, 6) is -0.458. The molecule has 0 spiro atoms. The van der Waals surface area contributed by atoms with E-state index in [9.17, 15) is 14.4 Å². The summed E-state index contributed by atoms with van der Waals surface area (Å²) in [5, 5.41) is 12.2. The number of hydrogen-bond acceptors (Lipinski definition) is 3. The number of carbonyl (C=O) groups excluding carboxylic acids is 1. The predicted octanol–water partition coefficient (Wildman–Crippen LogP) is 6.02. The lowest BCUT2D eigenvalue weighted by Gasteiger charge is -2.11. The fourth-order valence-electron chi connectivity index (χ4n) is 2.67. The molecule has 0 saturated carbocycles. The Morgan fingerprint density at radius 1 is 1.17 bits per heavy atom. The van der Waals surface area contributed by atoms with Crippen LogP contribution in [-0.4, -0.2) is 5.91 Å². The second-order valence-corrected chi connectivity index (χ2v) is 7.47. The van der Waals surface area contributed by atoms with Crippen molar-refractivity contribution in [2.75, 3.05) is 5.32 Å². The summed E-state index contributed by atoms with van der Waals surface area (Å²) in [7, 11) is 0. The number of benzene rings is 3. The summed E-state index contributed by atoms with van der Waals surface area (Å²) in [6, 6.07) is 20.7. The molecule has 0 heterocycles. The summed E-state index contributed by atoms with van der Waals surface area (Å²) in [6.07, 6.45) is 1.45. The molecule has 0 aromatic heterocycles. The van der Waals surface area contributed by atoms with Gasteiger partial charge in [0.05, 0.1) is 0 Å². The highest BCUT2D eigenvalue weighted by Crippen LogP contribution is 2.27. The molecule has 3 rings (SSSR count). The fraction of sp³-hybridized carbons (Fsp3) is 0.0833. The minimum absolute atomic E-state index is 0.0204. The van der Waals surface area contributed by atoms with E-state index in [1.54, 1.807) is 48.5 Å². The van der Waals surface area contributed by atoms with Crippen molar-refractivity contribution in [3.05, 3.63) is 99.3 Å². The third-order valence-corrected chi connectivity index (χ3v) is 4.78. The van der Waals surface area contributed by atoms with E-state index < -0.39 is 5.91 Å². The van der Waals surface area contributed by atoms with Gasteiger partial charge < -0.3 is 10.1 Å². The van der Waals surface area contributed by atoms with Gasteiger partial charge in [0.25, 0.3) is 5.91 Å². The Labute approximate surface area is 182 Å². The van der Waals surface area contributed by atoms with Crippen LogP contribution < -0.4 is 10.1 Å². The van der Waals surface area contributed by atoms with Crippen molar-refractivity contribution in [2.24, 2.45) is 0 Å². The molecule has 0 radical (unpaired) electrons. The van der Waals surface area contributed by atoms with Crippen LogP contribution in [0.2, 0.25) is 0 Å². The first-order valence-electron chi connectivity index (χ1n) is 9.12. The van der Waals surface area contributed by atoms with E-state index in [2.05, 4.69) is 21.2 Å². The smallest absolute Gasteiger partial charge is 0.266 e. The van der Waals surface area contributed by atoms with Gasteiger partial charge in [-0.2, -0.15) is 5.26 Å². The maximum atomic E-state index is 13.9. The lowest BCUT2D eigenvalue weighted by Crippen LogP contribution is -2.13. The molecule has 3 aromatic rings. The Morgan fingerprint density at radius 3 is 2.60 bits per heavy atom. The van der Waals surface area contributed by atoms with Crippen LogP contribution in [0.15, 0.2) is 76.8 Å². The highest BCUT2D eigenvalue weighted by Gasteiger charge is 2.12. The zero-order valence-corrected chi connectivity index (χ0v) is 17.7. The summed E-state index contributed by atoms with van der Waals surface area (Å²) < 4.78 is 20.4. The molecule has 0 atom stereocenters. The zero-order chi connectivity index (χ0) is 21.5. The molecule has 0 saturated heterocycles. The molecule has 0 fully saturated rings. The van der Waals surface area contributed by atoms with Crippen molar-refractivity contribution < 1.29 is 13.9 Å². The Kier molecular flexibility index (Phi) is 6.99. The number of nitrogens with zero attached hydrogens (tertiary/aromatic N) is 1. The van der Waals surface area contributed by atoms with E-state index in [1.165, 1.54) is 12.1 Å². The fourth-order valence-corrected chi connectivity index (χ4v) is 3.05. The summed E-state index contributed by atoms with van der Waals surface area (Å²) in [5.41, 5.74) is 2.51. The molecule has 1 amide bonds. The van der Waals surface area contributed by atoms with Crippen LogP contribution in [0.25, 0.3) is 6.08 Å². The molecule has 150 valence electrons. The van der Waals surface area contributed by atoms with Crippen LogP contribution in [0.3, 0.4) is 0 Å². The van der Waals surface area contributed by atoms with Crippen molar-refractivity contribution in [3.8, 4) is 11.8 Å². The van der Waals surface area contributed by atoms with Crippen LogP contribution in [0.1, 0.15) is 16.7 Å². The number of nitriles is 1. The van der Waals surface area contributed by atoms with E-state index in [1.807, 2.05) is 25.1 Å². The Bertz CT molecular complexity index is 1130. The summed E-state index contributed by atoms with van der Waals surface area (Å²) >= 11 is 3.39. The largest absolute Gasteiger partial charge is 0.488 e. The Hall–Kier alpha value is -3.43. The van der Waals surface area contributed by atoms with Gasteiger partial charge in [0.15, 0.2) is 0 Å². The van der Waals surface area contributed by atoms with E-state index in [4.69, 9.17) is 4.74 Å². The SMILES string of the molecule is Cc1ccc(NC(=O)/C(C#N)=C/c2cc(Br)ccc2OCc2ccccc2F)cc1. The van der Waals surface area contributed by atoms with Gasteiger partial charge in [0.2, 0.25) is 0 Å². The lowest BCUT2D eigenvalue weighted by molar-refractivity contribution is -0.112. The van der Waals surface area contributed by atoms with Crippen molar-refractivity contribution >= 4 is 33.6 Å². The van der Waals surface area contributed by atoms with E-state index in [0.29, 0.717) is 22.6 Å². The van der Waals surface area contributed by atoms with Gasteiger partial charge >= 0.3 is 0 Å². The van der Waals surface area contributed by atoms with Crippen molar-refractivity contribution in [1.82, 2.24) is 0 Å². The molecule has 0 aliphatic heterocycles. The van der Waals surface area contributed by atoms with E-state index >= 15 is 0 Å². The van der Waals surface area contributed by atoms with Crippen LogP contribution >= 0.6 is 15.9 Å². The van der Waals surface area contributed by atoms with Gasteiger partial charge in [-0.05, 0) is 49.4 Å². The molecule has 6 heteroatoms. The predicted molar refractivity (Wildman–Crippen MR) is 118 cm³/mol. The zero-order valence-electron chi connectivity index (χ0n) is 16.2. The molecule has 0 unspecified atom stereocenters. The number of ether oxygens (including phenoxy) is 1. The number of anilines is 1. The minimum Gasteiger partial charge on any atom is -0.488 e. The molecule has 0 bridgehead atoms. The molecule has 0 aliphatic rings. The van der Waals surface area contributed by atoms with Crippen LogP contribution in [0.5, 0.6) is 5.75 Å². The second-order valence-electron chi connectivity index (χ2n) is 6.55. The Morgan fingerprint density at radius 2 is 1.90 bits per heavy atom. The van der Waals surface area contributed by atoms with Crippen molar-refractivity contribution in [3.63, 3.8) is 0 Å². The average molecular weight is 465 g/mol. The number of amides is 1. The maximum absolute atomic E-state index is 13.9. The number of carbonyl (C=O) groups is 1. The molecule has 30 heavy (non-hydrogen) atoms. The van der Waals surface area contributed by atoms with Crippen molar-refractivity contribution in [1.29, 1.82) is 5.26 Å². The Balaban J connectivity index is 1.83. The molecular weight excluding hydrogens is 447 g/mol. The summed E-state index contributed by atoms with van der Waals surface area (Å²) in [6.45, 7) is 1.97. The average Bonchev–Trinajstić information content (AvgIpc) is 2.74. The van der Waals surface area contributed by atoms with Gasteiger partial charge in [0.1, 0.15) is 29.8 Å². The van der Waals surface area contributed by atoms with Crippen molar-refractivity contribution in [2.45, 2.75) is 13.5 Å². The normalized spacial score (nSPS) is 10.9. The van der Waals surface area contributed by atoms with E-state index in [0.717, 1.165) is 10.0 Å². The van der Waals surface area contributed by atoms with Crippen LogP contribution in [0.4, 0.5) is 10.1 Å². The van der Waals surface area contributed by atoms with Gasteiger partial charge in [-0.15, -0.1) is 0 Å². The molecule has 3 aromatic carbocycles. The lowest BCUT2D eigenvalue weighted by atomic mass is 10.1. The third-order valence-electron chi connectivity index (χ3n) is 4.29.